The molecule has 1 aromatic rings. The summed E-state index contributed by atoms with van der Waals surface area (Å²) in [5.41, 5.74) is 6.19. The summed E-state index contributed by atoms with van der Waals surface area (Å²) in [4.78, 5) is 21.6. The maximum Gasteiger partial charge on any atom is 0.196 e. The molecule has 5 heteroatoms. The molecular weight excluding hydrogens is 192 g/mol. The molecule has 0 bridgehead atoms. The number of nitrogens with two attached hydrogens (primary N) is 1. The molecular formula is C10H14N4O. The van der Waals surface area contributed by atoms with Crippen LogP contribution in [0.2, 0.25) is 0 Å². The number of ketones is 1. The van der Waals surface area contributed by atoms with E-state index >= 15 is 0 Å². The molecule has 1 aliphatic rings. The van der Waals surface area contributed by atoms with E-state index in [1.165, 1.54) is 12.4 Å². The van der Waals surface area contributed by atoms with Crippen molar-refractivity contribution in [1.82, 2.24) is 14.9 Å². The van der Waals surface area contributed by atoms with E-state index in [1.54, 1.807) is 6.20 Å². The van der Waals surface area contributed by atoms with Crippen LogP contribution in [0.15, 0.2) is 18.6 Å². The largest absolute Gasteiger partial charge is 0.326 e. The van der Waals surface area contributed by atoms with E-state index < -0.39 is 0 Å². The van der Waals surface area contributed by atoms with Gasteiger partial charge in [-0.3, -0.25) is 14.7 Å². The summed E-state index contributed by atoms with van der Waals surface area (Å²) in [5, 5.41) is 0. The van der Waals surface area contributed by atoms with Crippen molar-refractivity contribution < 1.29 is 4.79 Å². The van der Waals surface area contributed by atoms with Crippen LogP contribution in [0.1, 0.15) is 16.9 Å². The number of nitrogens with zero attached hydrogens (tertiary/aromatic N) is 3. The molecule has 0 unspecified atom stereocenters. The fraction of sp³-hybridized carbons (Fsp3) is 0.500. The van der Waals surface area contributed by atoms with Crippen LogP contribution < -0.4 is 5.73 Å². The Balaban J connectivity index is 1.93. The van der Waals surface area contributed by atoms with E-state index in [0.29, 0.717) is 12.2 Å². The first kappa shape index (κ1) is 10.2. The molecule has 0 radical (unpaired) electrons. The molecule has 1 saturated heterocycles. The molecule has 0 aliphatic carbocycles. The molecule has 80 valence electrons. The van der Waals surface area contributed by atoms with Crippen LogP contribution in [0, 0.1) is 0 Å². The third kappa shape index (κ3) is 2.57. The predicted octanol–water partition coefficient (Wildman–Crippen LogP) is -0.308. The molecule has 1 aromatic heterocycles. The second-order valence-corrected chi connectivity index (χ2v) is 3.80. The summed E-state index contributed by atoms with van der Waals surface area (Å²) < 4.78 is 0. The van der Waals surface area contributed by atoms with Crippen molar-refractivity contribution in [3.8, 4) is 0 Å². The smallest absolute Gasteiger partial charge is 0.196 e. The number of rotatable bonds is 3. The van der Waals surface area contributed by atoms with Gasteiger partial charge < -0.3 is 5.73 Å². The van der Waals surface area contributed by atoms with E-state index in [2.05, 4.69) is 14.9 Å². The Bertz CT molecular complexity index is 341. The maximum absolute atomic E-state index is 11.7. The van der Waals surface area contributed by atoms with Gasteiger partial charge in [0.2, 0.25) is 0 Å². The van der Waals surface area contributed by atoms with E-state index in [9.17, 15) is 4.79 Å². The average Bonchev–Trinajstić information content (AvgIpc) is 2.65. The van der Waals surface area contributed by atoms with Crippen LogP contribution in [0.25, 0.3) is 0 Å². The molecule has 0 spiro atoms. The zero-order valence-corrected chi connectivity index (χ0v) is 8.47. The molecule has 2 N–H and O–H groups in total. The van der Waals surface area contributed by atoms with E-state index in [-0.39, 0.29) is 11.8 Å². The third-order valence-corrected chi connectivity index (χ3v) is 2.52. The first-order valence-corrected chi connectivity index (χ1v) is 5.03. The summed E-state index contributed by atoms with van der Waals surface area (Å²) in [6.45, 7) is 2.09. The minimum Gasteiger partial charge on any atom is -0.326 e. The highest BCUT2D eigenvalue weighted by Crippen LogP contribution is 2.07. The monoisotopic (exact) mass is 206 g/mol. The van der Waals surface area contributed by atoms with Gasteiger partial charge >= 0.3 is 0 Å². The van der Waals surface area contributed by atoms with Crippen molar-refractivity contribution in [2.24, 2.45) is 5.73 Å². The highest BCUT2D eigenvalue weighted by molar-refractivity contribution is 5.95. The van der Waals surface area contributed by atoms with Gasteiger partial charge in [0, 0.05) is 31.5 Å². The lowest BCUT2D eigenvalue weighted by atomic mass is 10.3. The van der Waals surface area contributed by atoms with Gasteiger partial charge in [-0.2, -0.15) is 0 Å². The van der Waals surface area contributed by atoms with Gasteiger partial charge in [0.05, 0.1) is 12.7 Å². The lowest BCUT2D eigenvalue weighted by Crippen LogP contribution is -2.31. The Morgan fingerprint density at radius 2 is 2.47 bits per heavy atom. The number of carbonyl (C=O) groups excluding carboxylic acids is 1. The summed E-state index contributed by atoms with van der Waals surface area (Å²) in [5.74, 6) is 0.0113. The number of aromatic nitrogens is 2. The minimum atomic E-state index is 0.0113. The normalized spacial score (nSPS) is 21.8. The van der Waals surface area contributed by atoms with Crippen LogP contribution in [0.4, 0.5) is 0 Å². The Morgan fingerprint density at radius 1 is 1.60 bits per heavy atom. The molecule has 5 nitrogen and oxygen atoms in total. The second-order valence-electron chi connectivity index (χ2n) is 3.80. The van der Waals surface area contributed by atoms with E-state index in [1.807, 2.05) is 0 Å². The van der Waals surface area contributed by atoms with Crippen LogP contribution >= 0.6 is 0 Å². The number of likely N-dealkylation sites (tertiary alicyclic amines) is 1. The Morgan fingerprint density at radius 3 is 3.07 bits per heavy atom. The summed E-state index contributed by atoms with van der Waals surface area (Å²) in [7, 11) is 0. The van der Waals surface area contributed by atoms with E-state index in [4.69, 9.17) is 5.73 Å². The van der Waals surface area contributed by atoms with Crippen LogP contribution in [-0.4, -0.2) is 46.3 Å². The molecule has 15 heavy (non-hydrogen) atoms. The van der Waals surface area contributed by atoms with Gasteiger partial charge in [-0.15, -0.1) is 0 Å². The lowest BCUT2D eigenvalue weighted by molar-refractivity contribution is 0.0939. The molecule has 1 atom stereocenters. The fourth-order valence-corrected chi connectivity index (χ4v) is 1.73. The fourth-order valence-electron chi connectivity index (χ4n) is 1.73. The molecule has 1 fully saturated rings. The van der Waals surface area contributed by atoms with Crippen molar-refractivity contribution in [3.63, 3.8) is 0 Å². The van der Waals surface area contributed by atoms with Crippen molar-refractivity contribution in [3.05, 3.63) is 24.3 Å². The number of hydrogen-bond donors (Lipinski definition) is 1. The van der Waals surface area contributed by atoms with Gasteiger partial charge in [0.25, 0.3) is 0 Å². The first-order chi connectivity index (χ1) is 7.25. The van der Waals surface area contributed by atoms with Gasteiger partial charge in [-0.1, -0.05) is 0 Å². The van der Waals surface area contributed by atoms with Gasteiger partial charge in [0.15, 0.2) is 5.78 Å². The van der Waals surface area contributed by atoms with Gasteiger partial charge in [-0.25, -0.2) is 4.98 Å². The van der Waals surface area contributed by atoms with Gasteiger partial charge in [0.1, 0.15) is 5.69 Å². The zero-order valence-electron chi connectivity index (χ0n) is 8.47. The molecule has 2 rings (SSSR count). The first-order valence-electron chi connectivity index (χ1n) is 5.03. The Hall–Kier alpha value is -1.33. The number of carbonyl (C=O) groups is 1. The van der Waals surface area contributed by atoms with Crippen LogP contribution in [0.5, 0.6) is 0 Å². The van der Waals surface area contributed by atoms with Gasteiger partial charge in [-0.05, 0) is 6.42 Å². The van der Waals surface area contributed by atoms with Crippen molar-refractivity contribution in [2.45, 2.75) is 12.5 Å². The molecule has 0 amide bonds. The molecule has 2 heterocycles. The minimum absolute atomic E-state index is 0.0113. The van der Waals surface area contributed by atoms with Crippen molar-refractivity contribution in [2.75, 3.05) is 19.6 Å². The van der Waals surface area contributed by atoms with Crippen molar-refractivity contribution in [1.29, 1.82) is 0 Å². The number of hydrogen-bond acceptors (Lipinski definition) is 5. The number of Topliss-reactive ketones (excluding diaryl/α,β-unsaturated/α-hetero) is 1. The standard InChI is InChI=1S/C10H14N4O/c11-8-1-4-14(6-8)7-10(15)9-5-12-2-3-13-9/h2-3,5,8H,1,4,6-7,11H2/t8-/m0/s1. The van der Waals surface area contributed by atoms with Crippen LogP contribution in [0.3, 0.4) is 0 Å². The van der Waals surface area contributed by atoms with Crippen molar-refractivity contribution >= 4 is 5.78 Å². The highest BCUT2D eigenvalue weighted by Gasteiger charge is 2.21. The Kier molecular flexibility index (Phi) is 3.03. The SMILES string of the molecule is N[C@H]1CCN(CC(=O)c2cnccn2)C1. The summed E-state index contributed by atoms with van der Waals surface area (Å²) in [6, 6.07) is 0.208. The maximum atomic E-state index is 11.7. The van der Waals surface area contributed by atoms with E-state index in [0.717, 1.165) is 19.5 Å². The molecule has 0 saturated carbocycles. The quantitative estimate of drug-likeness (QED) is 0.687. The molecule has 0 aromatic carbocycles. The average molecular weight is 206 g/mol. The summed E-state index contributed by atoms with van der Waals surface area (Å²) >= 11 is 0. The third-order valence-electron chi connectivity index (χ3n) is 2.52. The predicted molar refractivity (Wildman–Crippen MR) is 55.4 cm³/mol. The van der Waals surface area contributed by atoms with Crippen LogP contribution in [-0.2, 0) is 0 Å². The lowest BCUT2D eigenvalue weighted by Gasteiger charge is -2.12. The zero-order chi connectivity index (χ0) is 10.7. The second kappa shape index (κ2) is 4.46. The summed E-state index contributed by atoms with van der Waals surface area (Å²) in [6.07, 6.45) is 5.55. The molecule has 1 aliphatic heterocycles. The highest BCUT2D eigenvalue weighted by atomic mass is 16.1. The Labute approximate surface area is 88.3 Å². The topological polar surface area (TPSA) is 72.1 Å².